The Balaban J connectivity index is 1.93. The second kappa shape index (κ2) is 10.8. The van der Waals surface area contributed by atoms with Crippen LogP contribution in [0.2, 0.25) is 0 Å². The molecule has 0 radical (unpaired) electrons. The smallest absolute Gasteiger partial charge is 0.339 e. The summed E-state index contributed by atoms with van der Waals surface area (Å²) in [5.41, 5.74) is 2.19. The number of hydrogen-bond acceptors (Lipinski definition) is 5. The van der Waals surface area contributed by atoms with E-state index in [9.17, 15) is 9.59 Å². The van der Waals surface area contributed by atoms with Gasteiger partial charge in [0, 0.05) is 11.1 Å². The predicted octanol–water partition coefficient (Wildman–Crippen LogP) is 3.40. The molecule has 0 unspecified atom stereocenters. The SMILES string of the molecule is COC(=O)c1ccccc1C#CCSCC#Cc1ccccc1C(=O)OC. The van der Waals surface area contributed by atoms with Gasteiger partial charge in [-0.15, -0.1) is 11.8 Å². The average Bonchev–Trinajstić information content (AvgIpc) is 2.72. The van der Waals surface area contributed by atoms with E-state index in [0.29, 0.717) is 33.8 Å². The molecule has 2 rings (SSSR count). The van der Waals surface area contributed by atoms with Gasteiger partial charge in [0.2, 0.25) is 0 Å². The zero-order valence-electron chi connectivity index (χ0n) is 15.1. The average molecular weight is 378 g/mol. The van der Waals surface area contributed by atoms with Crippen LogP contribution in [0.4, 0.5) is 0 Å². The number of rotatable bonds is 4. The molecule has 0 atom stereocenters. The number of thioether (sulfide) groups is 1. The Morgan fingerprint density at radius 2 is 1.19 bits per heavy atom. The van der Waals surface area contributed by atoms with E-state index >= 15 is 0 Å². The molecule has 136 valence electrons. The highest BCUT2D eigenvalue weighted by atomic mass is 32.2. The van der Waals surface area contributed by atoms with Crippen LogP contribution in [0.1, 0.15) is 31.8 Å². The van der Waals surface area contributed by atoms with E-state index in [1.807, 2.05) is 12.1 Å². The summed E-state index contributed by atoms with van der Waals surface area (Å²) >= 11 is 1.55. The molecule has 2 aromatic rings. The largest absolute Gasteiger partial charge is 0.465 e. The van der Waals surface area contributed by atoms with Gasteiger partial charge in [0.1, 0.15) is 0 Å². The molecule has 5 heteroatoms. The Morgan fingerprint density at radius 3 is 1.59 bits per heavy atom. The fourth-order valence-corrected chi connectivity index (χ4v) is 2.63. The number of benzene rings is 2. The van der Waals surface area contributed by atoms with Crippen LogP contribution in [-0.2, 0) is 9.47 Å². The first kappa shape index (κ1) is 20.2. The van der Waals surface area contributed by atoms with E-state index in [1.165, 1.54) is 14.2 Å². The van der Waals surface area contributed by atoms with Crippen LogP contribution in [0, 0.1) is 23.7 Å². The Bertz CT molecular complexity index is 864. The Labute approximate surface area is 163 Å². The molecule has 0 heterocycles. The van der Waals surface area contributed by atoms with Gasteiger partial charge in [0.25, 0.3) is 0 Å². The molecule has 2 aromatic carbocycles. The minimum absolute atomic E-state index is 0.400. The van der Waals surface area contributed by atoms with E-state index in [0.717, 1.165) is 0 Å². The quantitative estimate of drug-likeness (QED) is 0.464. The maximum absolute atomic E-state index is 11.7. The Kier molecular flexibility index (Phi) is 8.03. The Morgan fingerprint density at radius 1 is 0.778 bits per heavy atom. The van der Waals surface area contributed by atoms with Crippen molar-refractivity contribution in [2.75, 3.05) is 25.7 Å². The monoisotopic (exact) mass is 378 g/mol. The molecule has 0 N–H and O–H groups in total. The number of esters is 2. The van der Waals surface area contributed by atoms with Gasteiger partial charge >= 0.3 is 11.9 Å². The summed E-state index contributed by atoms with van der Waals surface area (Å²) in [5, 5.41) is 0. The zero-order valence-corrected chi connectivity index (χ0v) is 15.9. The molecule has 0 fully saturated rings. The van der Waals surface area contributed by atoms with Crippen LogP contribution >= 0.6 is 11.8 Å². The predicted molar refractivity (Wildman–Crippen MR) is 107 cm³/mol. The fraction of sp³-hybridized carbons (Fsp3) is 0.182. The van der Waals surface area contributed by atoms with Crippen LogP contribution < -0.4 is 0 Å². The third-order valence-electron chi connectivity index (χ3n) is 3.46. The van der Waals surface area contributed by atoms with Crippen molar-refractivity contribution in [3.05, 3.63) is 70.8 Å². The van der Waals surface area contributed by atoms with Gasteiger partial charge in [-0.2, -0.15) is 0 Å². The summed E-state index contributed by atoms with van der Waals surface area (Å²) in [6.07, 6.45) is 0. The van der Waals surface area contributed by atoms with Gasteiger partial charge in [0.05, 0.1) is 36.9 Å². The third kappa shape index (κ3) is 5.95. The van der Waals surface area contributed by atoms with Crippen LogP contribution in [0.5, 0.6) is 0 Å². The molecule has 0 bridgehead atoms. The first-order chi connectivity index (χ1) is 13.2. The molecule has 4 nitrogen and oxygen atoms in total. The van der Waals surface area contributed by atoms with E-state index in [-0.39, 0.29) is 0 Å². The van der Waals surface area contributed by atoms with Gasteiger partial charge < -0.3 is 9.47 Å². The maximum atomic E-state index is 11.7. The second-order valence-corrected chi connectivity index (χ2v) is 6.16. The topological polar surface area (TPSA) is 52.6 Å². The molecule has 0 aliphatic carbocycles. The third-order valence-corrected chi connectivity index (χ3v) is 4.16. The normalized spacial score (nSPS) is 9.26. The number of carbonyl (C=O) groups is 2. The van der Waals surface area contributed by atoms with Gasteiger partial charge in [0.15, 0.2) is 0 Å². The second-order valence-electron chi connectivity index (χ2n) is 5.17. The summed E-state index contributed by atoms with van der Waals surface area (Å²) in [6.45, 7) is 0. The van der Waals surface area contributed by atoms with Crippen molar-refractivity contribution in [3.63, 3.8) is 0 Å². The van der Waals surface area contributed by atoms with E-state index in [1.54, 1.807) is 48.2 Å². The minimum atomic E-state index is -0.400. The fourth-order valence-electron chi connectivity index (χ4n) is 2.18. The van der Waals surface area contributed by atoms with Crippen LogP contribution in [0.15, 0.2) is 48.5 Å². The van der Waals surface area contributed by atoms with Crippen LogP contribution in [0.3, 0.4) is 0 Å². The first-order valence-corrected chi connectivity index (χ1v) is 9.23. The number of ether oxygens (including phenoxy) is 2. The molecule has 0 spiro atoms. The number of carbonyl (C=O) groups excluding carboxylic acids is 2. The molecular formula is C22H18O4S. The summed E-state index contributed by atoms with van der Waals surface area (Å²) in [4.78, 5) is 23.4. The van der Waals surface area contributed by atoms with Crippen molar-refractivity contribution >= 4 is 23.7 Å². The van der Waals surface area contributed by atoms with E-state index < -0.39 is 11.9 Å². The van der Waals surface area contributed by atoms with Crippen molar-refractivity contribution < 1.29 is 19.1 Å². The van der Waals surface area contributed by atoms with Gasteiger partial charge in [-0.05, 0) is 24.3 Å². The number of hydrogen-bond donors (Lipinski definition) is 0. The lowest BCUT2D eigenvalue weighted by Gasteiger charge is -2.01. The van der Waals surface area contributed by atoms with Crippen molar-refractivity contribution in [1.29, 1.82) is 0 Å². The highest BCUT2D eigenvalue weighted by Crippen LogP contribution is 2.10. The van der Waals surface area contributed by atoms with Crippen LogP contribution in [0.25, 0.3) is 0 Å². The molecule has 0 saturated heterocycles. The first-order valence-electron chi connectivity index (χ1n) is 8.07. The van der Waals surface area contributed by atoms with Gasteiger partial charge in [-0.25, -0.2) is 9.59 Å². The van der Waals surface area contributed by atoms with Crippen molar-refractivity contribution in [2.24, 2.45) is 0 Å². The standard InChI is InChI=1S/C22H18O4S/c1-25-21(23)19-13-5-3-9-17(19)11-7-15-27-16-8-12-18-10-4-6-14-20(18)22(24)26-2/h3-6,9-10,13-14H,15-16H2,1-2H3. The van der Waals surface area contributed by atoms with E-state index in [2.05, 4.69) is 23.7 Å². The summed E-state index contributed by atoms with van der Waals surface area (Å²) in [6, 6.07) is 14.1. The summed E-state index contributed by atoms with van der Waals surface area (Å²) in [5.74, 6) is 12.4. The van der Waals surface area contributed by atoms with Gasteiger partial charge in [-0.3, -0.25) is 0 Å². The van der Waals surface area contributed by atoms with Crippen LogP contribution in [-0.4, -0.2) is 37.7 Å². The molecule has 0 aliphatic heterocycles. The van der Waals surface area contributed by atoms with Crippen molar-refractivity contribution in [2.45, 2.75) is 0 Å². The molecular weight excluding hydrogens is 360 g/mol. The molecule has 0 aromatic heterocycles. The zero-order chi connectivity index (χ0) is 19.5. The van der Waals surface area contributed by atoms with Crippen molar-refractivity contribution in [1.82, 2.24) is 0 Å². The summed E-state index contributed by atoms with van der Waals surface area (Å²) < 4.78 is 9.50. The molecule has 27 heavy (non-hydrogen) atoms. The highest BCUT2D eigenvalue weighted by molar-refractivity contribution is 7.99. The lowest BCUT2D eigenvalue weighted by Crippen LogP contribution is -2.03. The molecule has 0 saturated carbocycles. The molecule has 0 amide bonds. The lowest BCUT2D eigenvalue weighted by atomic mass is 10.1. The van der Waals surface area contributed by atoms with Crippen molar-refractivity contribution in [3.8, 4) is 23.7 Å². The minimum Gasteiger partial charge on any atom is -0.465 e. The Hall–Kier alpha value is -3.15. The lowest BCUT2D eigenvalue weighted by molar-refractivity contribution is 0.0591. The molecule has 0 aliphatic rings. The highest BCUT2D eigenvalue weighted by Gasteiger charge is 2.09. The number of methoxy groups -OCH3 is 2. The van der Waals surface area contributed by atoms with E-state index in [4.69, 9.17) is 9.47 Å². The van der Waals surface area contributed by atoms with Gasteiger partial charge in [-0.1, -0.05) is 47.9 Å². The summed E-state index contributed by atoms with van der Waals surface area (Å²) in [7, 11) is 2.69. The maximum Gasteiger partial charge on any atom is 0.339 e.